The van der Waals surface area contributed by atoms with Crippen molar-refractivity contribution in [3.05, 3.63) is 29.1 Å². The van der Waals surface area contributed by atoms with Crippen LogP contribution in [0.1, 0.15) is 42.4 Å². The highest BCUT2D eigenvalue weighted by molar-refractivity contribution is 5.96. The van der Waals surface area contributed by atoms with Crippen LogP contribution >= 0.6 is 0 Å². The molecule has 0 spiro atoms. The first-order valence-electron chi connectivity index (χ1n) is 5.06. The van der Waals surface area contributed by atoms with Gasteiger partial charge in [-0.05, 0) is 46.4 Å². The van der Waals surface area contributed by atoms with Crippen molar-refractivity contribution < 1.29 is 4.79 Å². The number of rotatable bonds is 3. The van der Waals surface area contributed by atoms with E-state index in [1.165, 1.54) is 0 Å². The molecule has 0 atom stereocenters. The maximum absolute atomic E-state index is 11.6. The molecule has 82 valence electrons. The number of hydrogen-bond acceptors (Lipinski definition) is 3. The fourth-order valence-corrected chi connectivity index (χ4v) is 1.67. The number of ketones is 1. The molecule has 1 aromatic heterocycles. The topological polar surface area (TPSA) is 42.0 Å². The van der Waals surface area contributed by atoms with Gasteiger partial charge in [0, 0.05) is 23.0 Å². The SMILES string of the molecule is CNC(C)(C)c1ccnc(C)c1C(C)=O. The molecule has 3 nitrogen and oxygen atoms in total. The monoisotopic (exact) mass is 206 g/mol. The van der Waals surface area contributed by atoms with Crippen LogP contribution in [0.3, 0.4) is 0 Å². The second-order valence-electron chi connectivity index (χ2n) is 4.25. The lowest BCUT2D eigenvalue weighted by molar-refractivity contribution is 0.101. The van der Waals surface area contributed by atoms with Crippen molar-refractivity contribution in [3.63, 3.8) is 0 Å². The van der Waals surface area contributed by atoms with Crippen LogP contribution in [-0.2, 0) is 5.54 Å². The highest BCUT2D eigenvalue weighted by Crippen LogP contribution is 2.24. The first-order valence-corrected chi connectivity index (χ1v) is 5.06. The van der Waals surface area contributed by atoms with Gasteiger partial charge < -0.3 is 5.32 Å². The van der Waals surface area contributed by atoms with Gasteiger partial charge in [-0.25, -0.2) is 0 Å². The number of nitrogens with one attached hydrogen (secondary N) is 1. The average molecular weight is 206 g/mol. The summed E-state index contributed by atoms with van der Waals surface area (Å²) in [4.78, 5) is 15.7. The zero-order valence-electron chi connectivity index (χ0n) is 10.0. The van der Waals surface area contributed by atoms with Crippen LogP contribution in [0.4, 0.5) is 0 Å². The van der Waals surface area contributed by atoms with Gasteiger partial charge in [-0.15, -0.1) is 0 Å². The van der Waals surface area contributed by atoms with E-state index in [0.29, 0.717) is 0 Å². The fraction of sp³-hybridized carbons (Fsp3) is 0.500. The minimum Gasteiger partial charge on any atom is -0.311 e. The Hall–Kier alpha value is -1.22. The molecule has 1 heterocycles. The predicted octanol–water partition coefficient (Wildman–Crippen LogP) is 2.05. The van der Waals surface area contributed by atoms with Gasteiger partial charge in [-0.3, -0.25) is 9.78 Å². The highest BCUT2D eigenvalue weighted by atomic mass is 16.1. The lowest BCUT2D eigenvalue weighted by Gasteiger charge is -2.27. The molecule has 0 unspecified atom stereocenters. The van der Waals surface area contributed by atoms with Crippen molar-refractivity contribution in [3.8, 4) is 0 Å². The van der Waals surface area contributed by atoms with Crippen LogP contribution in [0, 0.1) is 6.92 Å². The molecule has 1 rings (SSSR count). The molecule has 0 amide bonds. The number of pyridine rings is 1. The van der Waals surface area contributed by atoms with Gasteiger partial charge in [-0.1, -0.05) is 0 Å². The van der Waals surface area contributed by atoms with Gasteiger partial charge in [0.1, 0.15) is 0 Å². The Morgan fingerprint density at radius 1 is 1.47 bits per heavy atom. The predicted molar refractivity (Wildman–Crippen MR) is 61.1 cm³/mol. The molecule has 1 N–H and O–H groups in total. The summed E-state index contributed by atoms with van der Waals surface area (Å²) in [7, 11) is 1.89. The number of carbonyl (C=O) groups excluding carboxylic acids is 1. The van der Waals surface area contributed by atoms with E-state index in [1.54, 1.807) is 13.1 Å². The minimum absolute atomic E-state index is 0.0684. The standard InChI is InChI=1S/C12H18N2O/c1-8-11(9(2)15)10(6-7-14-8)12(3,4)13-5/h6-7,13H,1-5H3. The quantitative estimate of drug-likeness (QED) is 0.770. The third-order valence-electron chi connectivity index (χ3n) is 2.79. The van der Waals surface area contributed by atoms with Crippen LogP contribution in [0.5, 0.6) is 0 Å². The van der Waals surface area contributed by atoms with Crippen LogP contribution in [0.15, 0.2) is 12.3 Å². The molecule has 15 heavy (non-hydrogen) atoms. The number of carbonyl (C=O) groups is 1. The van der Waals surface area contributed by atoms with Gasteiger partial charge in [0.25, 0.3) is 0 Å². The molecular formula is C12H18N2O. The molecule has 0 saturated carbocycles. The zero-order chi connectivity index (χ0) is 11.6. The Kier molecular flexibility index (Phi) is 3.25. The summed E-state index contributed by atoms with van der Waals surface area (Å²) < 4.78 is 0. The Bertz CT molecular complexity index is 383. The van der Waals surface area contributed by atoms with E-state index in [2.05, 4.69) is 10.3 Å². The van der Waals surface area contributed by atoms with Gasteiger partial charge >= 0.3 is 0 Å². The molecule has 3 heteroatoms. The second-order valence-corrected chi connectivity index (χ2v) is 4.25. The molecule has 0 bridgehead atoms. The largest absolute Gasteiger partial charge is 0.311 e. The zero-order valence-corrected chi connectivity index (χ0v) is 10.0. The average Bonchev–Trinajstić information content (AvgIpc) is 2.16. The summed E-state index contributed by atoms with van der Waals surface area (Å²) in [5.41, 5.74) is 2.32. The highest BCUT2D eigenvalue weighted by Gasteiger charge is 2.24. The number of nitrogens with zero attached hydrogens (tertiary/aromatic N) is 1. The van der Waals surface area contributed by atoms with Gasteiger partial charge in [-0.2, -0.15) is 0 Å². The number of hydrogen-bond donors (Lipinski definition) is 1. The molecule has 0 saturated heterocycles. The van der Waals surface area contributed by atoms with Gasteiger partial charge in [0.15, 0.2) is 5.78 Å². The minimum atomic E-state index is -0.214. The van der Waals surface area contributed by atoms with Crippen LogP contribution < -0.4 is 5.32 Å². The third kappa shape index (κ3) is 2.23. The van der Waals surface area contributed by atoms with Crippen molar-refractivity contribution in [1.29, 1.82) is 0 Å². The van der Waals surface area contributed by atoms with E-state index in [4.69, 9.17) is 0 Å². The number of aryl methyl sites for hydroxylation is 1. The van der Waals surface area contributed by atoms with E-state index in [-0.39, 0.29) is 11.3 Å². The summed E-state index contributed by atoms with van der Waals surface area (Å²) in [6.07, 6.45) is 1.75. The Morgan fingerprint density at radius 3 is 2.53 bits per heavy atom. The normalized spacial score (nSPS) is 11.5. The Labute approximate surface area is 90.9 Å². The van der Waals surface area contributed by atoms with E-state index in [1.807, 2.05) is 33.9 Å². The molecule has 0 aliphatic rings. The van der Waals surface area contributed by atoms with Crippen molar-refractivity contribution in [2.45, 2.75) is 33.2 Å². The third-order valence-corrected chi connectivity index (χ3v) is 2.79. The van der Waals surface area contributed by atoms with Crippen molar-refractivity contribution in [2.24, 2.45) is 0 Å². The Morgan fingerprint density at radius 2 is 2.07 bits per heavy atom. The first-order chi connectivity index (χ1) is 6.90. The molecular weight excluding hydrogens is 188 g/mol. The van der Waals surface area contributed by atoms with Crippen molar-refractivity contribution in [1.82, 2.24) is 10.3 Å². The molecule has 0 radical (unpaired) electrons. The summed E-state index contributed by atoms with van der Waals surface area (Å²) in [5, 5.41) is 3.20. The first kappa shape index (κ1) is 11.9. The Balaban J connectivity index is 3.42. The molecule has 0 fully saturated rings. The summed E-state index contributed by atoms with van der Waals surface area (Å²) in [6, 6.07) is 1.90. The van der Waals surface area contributed by atoms with Crippen molar-refractivity contribution >= 4 is 5.78 Å². The van der Waals surface area contributed by atoms with E-state index < -0.39 is 0 Å². The van der Waals surface area contributed by atoms with Gasteiger partial charge in [0.05, 0.1) is 0 Å². The van der Waals surface area contributed by atoms with Crippen LogP contribution in [0.25, 0.3) is 0 Å². The van der Waals surface area contributed by atoms with Crippen LogP contribution in [0.2, 0.25) is 0 Å². The molecule has 1 aromatic rings. The second kappa shape index (κ2) is 4.11. The van der Waals surface area contributed by atoms with Crippen molar-refractivity contribution in [2.75, 3.05) is 7.05 Å². The van der Waals surface area contributed by atoms with E-state index >= 15 is 0 Å². The molecule has 0 aromatic carbocycles. The van der Waals surface area contributed by atoms with E-state index in [9.17, 15) is 4.79 Å². The molecule has 0 aliphatic carbocycles. The fourth-order valence-electron chi connectivity index (χ4n) is 1.67. The van der Waals surface area contributed by atoms with Gasteiger partial charge in [0.2, 0.25) is 0 Å². The number of aromatic nitrogens is 1. The van der Waals surface area contributed by atoms with Crippen LogP contribution in [-0.4, -0.2) is 17.8 Å². The smallest absolute Gasteiger partial charge is 0.161 e. The lowest BCUT2D eigenvalue weighted by atomic mass is 9.88. The number of Topliss-reactive ketones (excluding diaryl/α,β-unsaturated/α-hetero) is 1. The summed E-state index contributed by atoms with van der Waals surface area (Å²) in [5.74, 6) is 0.0684. The maximum Gasteiger partial charge on any atom is 0.161 e. The molecule has 0 aliphatic heterocycles. The lowest BCUT2D eigenvalue weighted by Crippen LogP contribution is -2.35. The maximum atomic E-state index is 11.6. The summed E-state index contributed by atoms with van der Waals surface area (Å²) >= 11 is 0. The summed E-state index contributed by atoms with van der Waals surface area (Å²) in [6.45, 7) is 7.55. The van der Waals surface area contributed by atoms with E-state index in [0.717, 1.165) is 16.8 Å².